The van der Waals surface area contributed by atoms with E-state index >= 15 is 0 Å². The molecule has 1 atom stereocenters. The predicted molar refractivity (Wildman–Crippen MR) is 105 cm³/mol. The van der Waals surface area contributed by atoms with Gasteiger partial charge < -0.3 is 4.90 Å². The number of aromatic nitrogens is 1. The number of hydrogen-bond acceptors (Lipinski definition) is 4. The molecule has 0 N–H and O–H groups in total. The Bertz CT molecular complexity index is 800. The van der Waals surface area contributed by atoms with Crippen molar-refractivity contribution in [3.63, 3.8) is 0 Å². The van der Waals surface area contributed by atoms with Crippen LogP contribution in [0.25, 0.3) is 0 Å². The summed E-state index contributed by atoms with van der Waals surface area (Å²) in [5, 5.41) is 1.13. The zero-order chi connectivity index (χ0) is 18.1. The van der Waals surface area contributed by atoms with Crippen LogP contribution in [0.3, 0.4) is 0 Å². The molecule has 0 saturated carbocycles. The molecule has 1 fully saturated rings. The highest BCUT2D eigenvalue weighted by molar-refractivity contribution is 7.11. The van der Waals surface area contributed by atoms with Gasteiger partial charge in [0, 0.05) is 31.1 Å². The van der Waals surface area contributed by atoms with Crippen LogP contribution >= 0.6 is 11.3 Å². The van der Waals surface area contributed by atoms with E-state index in [2.05, 4.69) is 52.9 Å². The number of nitrogens with zero attached hydrogens (tertiary/aromatic N) is 3. The van der Waals surface area contributed by atoms with Crippen molar-refractivity contribution < 1.29 is 4.79 Å². The highest BCUT2D eigenvalue weighted by Gasteiger charge is 2.31. The molecule has 1 saturated heterocycles. The number of piperidine rings is 1. The smallest absolute Gasteiger partial charge is 0.227 e. The van der Waals surface area contributed by atoms with Gasteiger partial charge in [-0.15, -0.1) is 11.3 Å². The van der Waals surface area contributed by atoms with Crippen molar-refractivity contribution in [1.82, 2.24) is 14.8 Å². The standard InChI is InChI=1S/C21H27N3OS/c1-15-20(26-16(2)22-15)14-23-10-5-8-19(12-23)21(25)24-11-9-17-6-3-4-7-18(17)13-24/h3-4,6-7,19H,5,8-14H2,1-2H3. The van der Waals surface area contributed by atoms with Gasteiger partial charge in [-0.2, -0.15) is 0 Å². The Labute approximate surface area is 159 Å². The number of benzene rings is 1. The molecule has 138 valence electrons. The number of hydrogen-bond donors (Lipinski definition) is 0. The monoisotopic (exact) mass is 369 g/mol. The fourth-order valence-electron chi connectivity index (χ4n) is 4.27. The van der Waals surface area contributed by atoms with Crippen LogP contribution in [-0.2, 0) is 24.3 Å². The van der Waals surface area contributed by atoms with Gasteiger partial charge in [0.1, 0.15) is 0 Å². The van der Waals surface area contributed by atoms with Crippen LogP contribution in [0.15, 0.2) is 24.3 Å². The fraction of sp³-hybridized carbons (Fsp3) is 0.524. The molecule has 0 aliphatic carbocycles. The molecule has 26 heavy (non-hydrogen) atoms. The number of carbonyl (C=O) groups excluding carboxylic acids is 1. The lowest BCUT2D eigenvalue weighted by atomic mass is 9.94. The Hall–Kier alpha value is -1.72. The molecule has 3 heterocycles. The van der Waals surface area contributed by atoms with Crippen molar-refractivity contribution in [1.29, 1.82) is 0 Å². The first-order chi connectivity index (χ1) is 12.6. The molecule has 1 unspecified atom stereocenters. The molecule has 5 heteroatoms. The summed E-state index contributed by atoms with van der Waals surface area (Å²) in [7, 11) is 0. The lowest BCUT2D eigenvalue weighted by Gasteiger charge is -2.36. The van der Waals surface area contributed by atoms with Crippen molar-refractivity contribution >= 4 is 17.2 Å². The number of amides is 1. The third-order valence-corrected chi connectivity index (χ3v) is 6.72. The van der Waals surface area contributed by atoms with E-state index in [-0.39, 0.29) is 5.92 Å². The van der Waals surface area contributed by atoms with Gasteiger partial charge in [-0.3, -0.25) is 9.69 Å². The van der Waals surface area contributed by atoms with Gasteiger partial charge in [-0.25, -0.2) is 4.98 Å². The molecule has 1 aromatic heterocycles. The Morgan fingerprint density at radius 2 is 2.04 bits per heavy atom. The first kappa shape index (κ1) is 17.7. The van der Waals surface area contributed by atoms with Gasteiger partial charge in [0.25, 0.3) is 0 Å². The van der Waals surface area contributed by atoms with Crippen LogP contribution in [0.5, 0.6) is 0 Å². The minimum Gasteiger partial charge on any atom is -0.338 e. The maximum absolute atomic E-state index is 13.1. The van der Waals surface area contributed by atoms with Crippen molar-refractivity contribution in [2.45, 2.75) is 46.2 Å². The highest BCUT2D eigenvalue weighted by atomic mass is 32.1. The van der Waals surface area contributed by atoms with E-state index < -0.39 is 0 Å². The second kappa shape index (κ2) is 7.49. The summed E-state index contributed by atoms with van der Waals surface area (Å²) < 4.78 is 0. The largest absolute Gasteiger partial charge is 0.338 e. The van der Waals surface area contributed by atoms with Gasteiger partial charge in [0.05, 0.1) is 16.6 Å². The summed E-state index contributed by atoms with van der Waals surface area (Å²) in [5.41, 5.74) is 3.86. The van der Waals surface area contributed by atoms with Crippen LogP contribution in [0.4, 0.5) is 0 Å². The summed E-state index contributed by atoms with van der Waals surface area (Å²) in [6, 6.07) is 8.53. The van der Waals surface area contributed by atoms with Crippen LogP contribution in [0.2, 0.25) is 0 Å². The third kappa shape index (κ3) is 3.69. The molecule has 1 amide bonds. The summed E-state index contributed by atoms with van der Waals surface area (Å²) in [6.45, 7) is 8.70. The minimum atomic E-state index is 0.142. The topological polar surface area (TPSA) is 36.4 Å². The Kier molecular flexibility index (Phi) is 5.09. The lowest BCUT2D eigenvalue weighted by molar-refractivity contribution is -0.138. The molecule has 2 aliphatic rings. The van der Waals surface area contributed by atoms with Crippen molar-refractivity contribution in [2.24, 2.45) is 5.92 Å². The zero-order valence-electron chi connectivity index (χ0n) is 15.7. The van der Waals surface area contributed by atoms with Crippen LogP contribution in [0, 0.1) is 19.8 Å². The molecule has 1 aromatic carbocycles. The van der Waals surface area contributed by atoms with Crippen LogP contribution < -0.4 is 0 Å². The maximum Gasteiger partial charge on any atom is 0.227 e. The van der Waals surface area contributed by atoms with Gasteiger partial charge in [-0.05, 0) is 50.8 Å². The highest BCUT2D eigenvalue weighted by Crippen LogP contribution is 2.26. The Balaban J connectivity index is 1.40. The molecule has 4 rings (SSSR count). The third-order valence-electron chi connectivity index (χ3n) is 5.66. The first-order valence-electron chi connectivity index (χ1n) is 9.61. The van der Waals surface area contributed by atoms with E-state index in [0.717, 1.165) is 62.7 Å². The molecular formula is C21H27N3OS. The second-order valence-electron chi connectivity index (χ2n) is 7.59. The van der Waals surface area contributed by atoms with E-state index in [9.17, 15) is 4.79 Å². The molecule has 0 bridgehead atoms. The molecule has 0 radical (unpaired) electrons. The normalized spacial score (nSPS) is 20.8. The first-order valence-corrected chi connectivity index (χ1v) is 10.4. The lowest BCUT2D eigenvalue weighted by Crippen LogP contribution is -2.46. The number of thiazole rings is 1. The number of aryl methyl sites for hydroxylation is 2. The number of fused-ring (bicyclic) bond motifs is 1. The average Bonchev–Trinajstić information content (AvgIpc) is 2.98. The van der Waals surface area contributed by atoms with Gasteiger partial charge in [-0.1, -0.05) is 24.3 Å². The van der Waals surface area contributed by atoms with Crippen LogP contribution in [0.1, 0.15) is 39.5 Å². The van der Waals surface area contributed by atoms with E-state index in [4.69, 9.17) is 0 Å². The maximum atomic E-state index is 13.1. The van der Waals surface area contributed by atoms with Crippen molar-refractivity contribution in [3.05, 3.63) is 51.0 Å². The fourth-order valence-corrected chi connectivity index (χ4v) is 5.25. The van der Waals surface area contributed by atoms with E-state index in [1.165, 1.54) is 16.0 Å². The van der Waals surface area contributed by atoms with Crippen molar-refractivity contribution in [3.8, 4) is 0 Å². The zero-order valence-corrected chi connectivity index (χ0v) is 16.5. The SMILES string of the molecule is Cc1nc(C)c(CN2CCCC(C(=O)N3CCc4ccccc4C3)C2)s1. The molecule has 2 aromatic rings. The summed E-state index contributed by atoms with van der Waals surface area (Å²) in [5.74, 6) is 0.491. The van der Waals surface area contributed by atoms with E-state index in [0.29, 0.717) is 5.91 Å². The molecular weight excluding hydrogens is 342 g/mol. The molecule has 2 aliphatic heterocycles. The van der Waals surface area contributed by atoms with E-state index in [1.807, 2.05) is 0 Å². The van der Waals surface area contributed by atoms with Gasteiger partial charge >= 0.3 is 0 Å². The van der Waals surface area contributed by atoms with Crippen LogP contribution in [-0.4, -0.2) is 40.3 Å². The predicted octanol–water partition coefficient (Wildman–Crippen LogP) is 3.56. The minimum absolute atomic E-state index is 0.142. The quantitative estimate of drug-likeness (QED) is 0.830. The molecule has 0 spiro atoms. The Morgan fingerprint density at radius 1 is 1.23 bits per heavy atom. The summed E-state index contributed by atoms with van der Waals surface area (Å²) in [6.07, 6.45) is 3.11. The summed E-state index contributed by atoms with van der Waals surface area (Å²) in [4.78, 5) is 23.5. The Morgan fingerprint density at radius 3 is 2.81 bits per heavy atom. The molecule has 4 nitrogen and oxygen atoms in total. The second-order valence-corrected chi connectivity index (χ2v) is 8.88. The van der Waals surface area contributed by atoms with Gasteiger partial charge in [0.15, 0.2) is 0 Å². The number of carbonyl (C=O) groups is 1. The van der Waals surface area contributed by atoms with E-state index in [1.54, 1.807) is 11.3 Å². The average molecular weight is 370 g/mol. The van der Waals surface area contributed by atoms with Crippen molar-refractivity contribution in [2.75, 3.05) is 19.6 Å². The van der Waals surface area contributed by atoms with Gasteiger partial charge in [0.2, 0.25) is 5.91 Å². The number of likely N-dealkylation sites (tertiary alicyclic amines) is 1. The summed E-state index contributed by atoms with van der Waals surface area (Å²) >= 11 is 1.79. The number of rotatable bonds is 3.